The summed E-state index contributed by atoms with van der Waals surface area (Å²) in [4.78, 5) is 11.5. The van der Waals surface area contributed by atoms with Crippen molar-refractivity contribution in [3.63, 3.8) is 0 Å². The number of aryl methyl sites for hydroxylation is 1. The summed E-state index contributed by atoms with van der Waals surface area (Å²) >= 11 is 0. The van der Waals surface area contributed by atoms with Gasteiger partial charge in [-0.25, -0.2) is 4.79 Å². The summed E-state index contributed by atoms with van der Waals surface area (Å²) in [6.45, 7) is 4.96. The Labute approximate surface area is 152 Å². The van der Waals surface area contributed by atoms with Gasteiger partial charge in [-0.1, -0.05) is 12.1 Å². The van der Waals surface area contributed by atoms with Crippen LogP contribution in [0.3, 0.4) is 0 Å². The molecule has 0 saturated carbocycles. The Balaban J connectivity index is 2.02. The molecule has 0 bridgehead atoms. The number of aromatic nitrogens is 1. The minimum absolute atomic E-state index is 0.334. The highest BCUT2D eigenvalue weighted by atomic mass is 16.5. The molecular formula is C20H23N3O3. The third kappa shape index (κ3) is 3.18. The summed E-state index contributed by atoms with van der Waals surface area (Å²) in [5, 5.41) is 3.69. The van der Waals surface area contributed by atoms with E-state index < -0.39 is 6.09 Å². The first-order valence-electron chi connectivity index (χ1n) is 8.59. The molecular weight excluding hydrogens is 330 g/mol. The second-order valence-corrected chi connectivity index (χ2v) is 5.81. The van der Waals surface area contributed by atoms with Crippen molar-refractivity contribution >= 4 is 28.4 Å². The lowest BCUT2D eigenvalue weighted by molar-refractivity contribution is 0.168. The first kappa shape index (κ1) is 17.7. The van der Waals surface area contributed by atoms with E-state index in [0.29, 0.717) is 12.3 Å². The van der Waals surface area contributed by atoms with Crippen molar-refractivity contribution in [1.29, 1.82) is 0 Å². The number of ether oxygens (including phenoxy) is 2. The van der Waals surface area contributed by atoms with Gasteiger partial charge in [0, 0.05) is 29.2 Å². The predicted molar refractivity (Wildman–Crippen MR) is 105 cm³/mol. The van der Waals surface area contributed by atoms with Crippen LogP contribution in [-0.4, -0.2) is 24.4 Å². The van der Waals surface area contributed by atoms with Crippen LogP contribution >= 0.6 is 0 Å². The molecule has 6 nitrogen and oxygen atoms in total. The van der Waals surface area contributed by atoms with E-state index >= 15 is 0 Å². The lowest BCUT2D eigenvalue weighted by Gasteiger charge is -2.11. The number of nitrogens with two attached hydrogens (primary N) is 1. The largest absolute Gasteiger partial charge is 0.497 e. The van der Waals surface area contributed by atoms with E-state index in [2.05, 4.69) is 16.8 Å². The number of nitrogens with one attached hydrogen (secondary N) is 1. The van der Waals surface area contributed by atoms with Gasteiger partial charge in [0.05, 0.1) is 30.6 Å². The number of rotatable bonds is 5. The number of carbonyl (C=O) groups is 1. The van der Waals surface area contributed by atoms with Gasteiger partial charge in [-0.3, -0.25) is 5.32 Å². The third-order valence-electron chi connectivity index (χ3n) is 4.31. The summed E-state index contributed by atoms with van der Waals surface area (Å²) in [6, 6.07) is 13.4. The summed E-state index contributed by atoms with van der Waals surface area (Å²) in [6.07, 6.45) is -0.463. The van der Waals surface area contributed by atoms with Crippen LogP contribution in [0.5, 0.6) is 5.75 Å². The molecule has 0 atom stereocenters. The highest BCUT2D eigenvalue weighted by Crippen LogP contribution is 2.37. The zero-order valence-corrected chi connectivity index (χ0v) is 15.2. The molecule has 3 rings (SSSR count). The Morgan fingerprint density at radius 3 is 2.50 bits per heavy atom. The van der Waals surface area contributed by atoms with Gasteiger partial charge < -0.3 is 19.8 Å². The van der Waals surface area contributed by atoms with Gasteiger partial charge in [-0.2, -0.15) is 0 Å². The Bertz CT molecular complexity index is 930. The smallest absolute Gasteiger partial charge is 0.411 e. The number of anilines is 2. The number of hydrogen-bond acceptors (Lipinski definition) is 4. The predicted octanol–water partition coefficient (Wildman–Crippen LogP) is 4.49. The van der Waals surface area contributed by atoms with Crippen LogP contribution in [0.15, 0.2) is 42.5 Å². The maximum Gasteiger partial charge on any atom is 0.411 e. The maximum absolute atomic E-state index is 11.5. The Morgan fingerprint density at radius 2 is 1.88 bits per heavy atom. The Hall–Kier alpha value is -3.15. The van der Waals surface area contributed by atoms with Crippen LogP contribution in [-0.2, 0) is 11.3 Å². The summed E-state index contributed by atoms with van der Waals surface area (Å²) in [5.74, 6) is 0.797. The van der Waals surface area contributed by atoms with E-state index in [1.165, 1.54) is 0 Å². The van der Waals surface area contributed by atoms with Crippen molar-refractivity contribution in [2.24, 2.45) is 0 Å². The SMILES string of the molecule is CCOC(=O)Nc1ccc(-c2c(N)c3ccc(OC)cc3n2CC)cc1. The number of carbonyl (C=O) groups excluding carboxylic acids is 1. The molecule has 0 aliphatic heterocycles. The van der Waals surface area contributed by atoms with Crippen LogP contribution in [0.25, 0.3) is 22.2 Å². The van der Waals surface area contributed by atoms with Crippen LogP contribution < -0.4 is 15.8 Å². The van der Waals surface area contributed by atoms with Crippen molar-refractivity contribution in [2.75, 3.05) is 24.8 Å². The lowest BCUT2D eigenvalue weighted by Crippen LogP contribution is -2.13. The second kappa shape index (κ2) is 7.39. The van der Waals surface area contributed by atoms with Gasteiger partial charge in [0.25, 0.3) is 0 Å². The molecule has 136 valence electrons. The number of nitrogens with zero attached hydrogens (tertiary/aromatic N) is 1. The van der Waals surface area contributed by atoms with Gasteiger partial charge in [0.15, 0.2) is 0 Å². The van der Waals surface area contributed by atoms with Crippen LogP contribution in [0, 0.1) is 0 Å². The molecule has 0 unspecified atom stereocenters. The quantitative estimate of drug-likeness (QED) is 0.708. The van der Waals surface area contributed by atoms with E-state index in [1.807, 2.05) is 42.5 Å². The van der Waals surface area contributed by atoms with Gasteiger partial charge in [0.2, 0.25) is 0 Å². The Morgan fingerprint density at radius 1 is 1.15 bits per heavy atom. The highest BCUT2D eigenvalue weighted by Gasteiger charge is 2.16. The average molecular weight is 353 g/mol. The van der Waals surface area contributed by atoms with Crippen LogP contribution in [0.2, 0.25) is 0 Å². The minimum Gasteiger partial charge on any atom is -0.497 e. The Kier molecular flexibility index (Phi) is 5.02. The normalized spacial score (nSPS) is 10.7. The fraction of sp³-hybridized carbons (Fsp3) is 0.250. The second-order valence-electron chi connectivity index (χ2n) is 5.81. The molecule has 3 aromatic rings. The van der Waals surface area contributed by atoms with Gasteiger partial charge >= 0.3 is 6.09 Å². The minimum atomic E-state index is -0.463. The maximum atomic E-state index is 11.5. The van der Waals surface area contributed by atoms with Crippen LogP contribution in [0.1, 0.15) is 13.8 Å². The summed E-state index contributed by atoms with van der Waals surface area (Å²) < 4.78 is 12.4. The average Bonchev–Trinajstić information content (AvgIpc) is 2.93. The standard InChI is InChI=1S/C20H23N3O3/c1-4-23-17-12-15(25-3)10-11-16(17)18(21)19(23)13-6-8-14(9-7-13)22-20(24)26-5-2/h6-12H,4-5,21H2,1-3H3,(H,22,24). The van der Waals surface area contributed by atoms with Gasteiger partial charge in [-0.15, -0.1) is 0 Å². The first-order chi connectivity index (χ1) is 12.6. The number of benzene rings is 2. The lowest BCUT2D eigenvalue weighted by atomic mass is 10.1. The monoisotopic (exact) mass is 353 g/mol. The molecule has 0 aliphatic rings. The molecule has 0 aliphatic carbocycles. The van der Waals surface area contributed by atoms with E-state index in [4.69, 9.17) is 15.2 Å². The first-order valence-corrected chi connectivity index (χ1v) is 8.59. The van der Waals surface area contributed by atoms with Crippen molar-refractivity contribution < 1.29 is 14.3 Å². The molecule has 0 spiro atoms. The van der Waals surface area contributed by atoms with E-state index in [0.717, 1.165) is 40.1 Å². The fourth-order valence-electron chi connectivity index (χ4n) is 3.12. The zero-order chi connectivity index (χ0) is 18.7. The van der Waals surface area contributed by atoms with E-state index in [1.54, 1.807) is 14.0 Å². The summed E-state index contributed by atoms with van der Waals surface area (Å²) in [5.41, 5.74) is 10.8. The van der Waals surface area contributed by atoms with Crippen molar-refractivity contribution in [3.8, 4) is 17.0 Å². The van der Waals surface area contributed by atoms with Gasteiger partial charge in [-0.05, 0) is 38.1 Å². The molecule has 1 heterocycles. The molecule has 1 aromatic heterocycles. The van der Waals surface area contributed by atoms with Gasteiger partial charge in [0.1, 0.15) is 5.75 Å². The van der Waals surface area contributed by atoms with Crippen molar-refractivity contribution in [2.45, 2.75) is 20.4 Å². The highest BCUT2D eigenvalue weighted by molar-refractivity contribution is 6.01. The van der Waals surface area contributed by atoms with Crippen molar-refractivity contribution in [3.05, 3.63) is 42.5 Å². The fourth-order valence-corrected chi connectivity index (χ4v) is 3.12. The molecule has 1 amide bonds. The van der Waals surface area contributed by atoms with E-state index in [-0.39, 0.29) is 0 Å². The van der Waals surface area contributed by atoms with Crippen molar-refractivity contribution in [1.82, 2.24) is 4.57 Å². The molecule has 2 aromatic carbocycles. The molecule has 6 heteroatoms. The number of amides is 1. The number of fused-ring (bicyclic) bond motifs is 1. The number of nitrogen functional groups attached to an aromatic ring is 1. The zero-order valence-electron chi connectivity index (χ0n) is 15.2. The van der Waals surface area contributed by atoms with Crippen LogP contribution in [0.4, 0.5) is 16.2 Å². The van der Waals surface area contributed by atoms with E-state index in [9.17, 15) is 4.79 Å². The summed E-state index contributed by atoms with van der Waals surface area (Å²) in [7, 11) is 1.65. The number of hydrogen-bond donors (Lipinski definition) is 2. The number of methoxy groups -OCH3 is 1. The molecule has 0 fully saturated rings. The molecule has 3 N–H and O–H groups in total. The molecule has 26 heavy (non-hydrogen) atoms. The third-order valence-corrected chi connectivity index (χ3v) is 4.31. The molecule has 0 saturated heterocycles. The molecule has 0 radical (unpaired) electrons. The topological polar surface area (TPSA) is 78.5 Å².